The van der Waals surface area contributed by atoms with E-state index in [-0.39, 0.29) is 13.2 Å². The molecule has 18 heavy (non-hydrogen) atoms. The molecular weight excluding hydrogens is 253 g/mol. The molecule has 1 aromatic rings. The summed E-state index contributed by atoms with van der Waals surface area (Å²) in [5.74, 6) is 0.388. The minimum Gasteiger partial charge on any atom is -0.404 e. The predicted molar refractivity (Wildman–Crippen MR) is 67.4 cm³/mol. The molecule has 0 aliphatic heterocycles. The van der Waals surface area contributed by atoms with Crippen LogP contribution >= 0.6 is 7.82 Å². The van der Waals surface area contributed by atoms with Gasteiger partial charge in [-0.15, -0.1) is 0 Å². The summed E-state index contributed by atoms with van der Waals surface area (Å²) < 4.78 is 27.5. The lowest BCUT2D eigenvalue weighted by molar-refractivity contribution is 0.167. The van der Waals surface area contributed by atoms with Crippen molar-refractivity contribution in [3.63, 3.8) is 0 Å². The summed E-state index contributed by atoms with van der Waals surface area (Å²) >= 11 is 0. The molecule has 98 valence electrons. The Balaban J connectivity index is 2.95. The quantitative estimate of drug-likeness (QED) is 0.740. The van der Waals surface area contributed by atoms with E-state index in [1.54, 1.807) is 39.0 Å². The number of hydrogen-bond acceptors (Lipinski definition) is 5. The smallest absolute Gasteiger partial charge is 0.404 e. The van der Waals surface area contributed by atoms with Gasteiger partial charge in [0.2, 0.25) is 0 Å². The highest BCUT2D eigenvalue weighted by atomic mass is 31.2. The highest BCUT2D eigenvalue weighted by molar-refractivity contribution is 7.48. The Bertz CT molecular complexity index is 485. The van der Waals surface area contributed by atoms with Gasteiger partial charge in [-0.05, 0) is 44.5 Å². The Hall–Kier alpha value is -1.34. The van der Waals surface area contributed by atoms with Crippen molar-refractivity contribution in [1.82, 2.24) is 0 Å². The van der Waals surface area contributed by atoms with Crippen molar-refractivity contribution in [1.29, 1.82) is 5.26 Å². The summed E-state index contributed by atoms with van der Waals surface area (Å²) in [6.07, 6.45) is 0. The molecule has 0 bridgehead atoms. The van der Waals surface area contributed by atoms with E-state index in [9.17, 15) is 4.57 Å². The van der Waals surface area contributed by atoms with E-state index in [2.05, 4.69) is 0 Å². The van der Waals surface area contributed by atoms with Crippen molar-refractivity contribution < 1.29 is 18.1 Å². The van der Waals surface area contributed by atoms with Crippen LogP contribution in [-0.2, 0) is 13.6 Å². The van der Waals surface area contributed by atoms with Gasteiger partial charge in [-0.1, -0.05) is 0 Å². The molecule has 0 heterocycles. The number of nitriles is 1. The second-order valence-corrected chi connectivity index (χ2v) is 5.06. The third kappa shape index (κ3) is 3.85. The van der Waals surface area contributed by atoms with Crippen LogP contribution in [0.5, 0.6) is 5.75 Å². The summed E-state index contributed by atoms with van der Waals surface area (Å²) in [6, 6.07) is 6.84. The van der Waals surface area contributed by atoms with Gasteiger partial charge in [0.15, 0.2) is 0 Å². The average Bonchev–Trinajstić information content (AvgIpc) is 2.32. The summed E-state index contributed by atoms with van der Waals surface area (Å²) in [7, 11) is -3.57. The van der Waals surface area contributed by atoms with Crippen LogP contribution in [0.25, 0.3) is 0 Å². The van der Waals surface area contributed by atoms with E-state index in [0.717, 1.165) is 0 Å². The maximum Gasteiger partial charge on any atom is 0.530 e. The zero-order chi connectivity index (χ0) is 13.6. The molecule has 6 heteroatoms. The first-order chi connectivity index (χ1) is 8.54. The van der Waals surface area contributed by atoms with Crippen LogP contribution in [0.15, 0.2) is 18.2 Å². The second-order valence-electron chi connectivity index (χ2n) is 3.47. The average molecular weight is 269 g/mol. The standard InChI is InChI=1S/C12H16NO4P/c1-4-15-18(14,16-5-2)17-12-7-6-11(9-13)8-10(12)3/h6-8H,4-5H2,1-3H3. The number of benzene rings is 1. The number of aryl methyl sites for hydroxylation is 1. The Morgan fingerprint density at radius 1 is 1.28 bits per heavy atom. The van der Waals surface area contributed by atoms with Crippen LogP contribution in [0.4, 0.5) is 0 Å². The number of hydrogen-bond donors (Lipinski definition) is 0. The van der Waals surface area contributed by atoms with E-state index < -0.39 is 7.82 Å². The van der Waals surface area contributed by atoms with Crippen LogP contribution in [0.1, 0.15) is 25.0 Å². The number of nitrogens with zero attached hydrogens (tertiary/aromatic N) is 1. The third-order valence-electron chi connectivity index (χ3n) is 2.09. The van der Waals surface area contributed by atoms with Crippen molar-refractivity contribution in [2.75, 3.05) is 13.2 Å². The van der Waals surface area contributed by atoms with E-state index in [1.165, 1.54) is 0 Å². The molecule has 0 aliphatic carbocycles. The van der Waals surface area contributed by atoms with Gasteiger partial charge in [-0.25, -0.2) is 4.57 Å². The second kappa shape index (κ2) is 6.55. The van der Waals surface area contributed by atoms with Crippen molar-refractivity contribution >= 4 is 7.82 Å². The minimum absolute atomic E-state index is 0.229. The maximum atomic E-state index is 12.2. The van der Waals surface area contributed by atoms with Gasteiger partial charge >= 0.3 is 7.82 Å². The monoisotopic (exact) mass is 269 g/mol. The van der Waals surface area contributed by atoms with Crippen LogP contribution < -0.4 is 4.52 Å². The minimum atomic E-state index is -3.57. The highest BCUT2D eigenvalue weighted by Crippen LogP contribution is 2.49. The van der Waals surface area contributed by atoms with Crippen LogP contribution in [0.2, 0.25) is 0 Å². The van der Waals surface area contributed by atoms with E-state index in [4.69, 9.17) is 18.8 Å². The number of rotatable bonds is 6. The molecule has 0 amide bonds. The fraction of sp³-hybridized carbons (Fsp3) is 0.417. The van der Waals surface area contributed by atoms with Gasteiger partial charge in [0.05, 0.1) is 24.8 Å². The van der Waals surface area contributed by atoms with Gasteiger partial charge in [0.25, 0.3) is 0 Å². The summed E-state index contributed by atoms with van der Waals surface area (Å²) in [5.41, 5.74) is 1.22. The molecule has 0 unspecified atom stereocenters. The molecule has 0 N–H and O–H groups in total. The Morgan fingerprint density at radius 3 is 2.33 bits per heavy atom. The SMILES string of the molecule is CCOP(=O)(OCC)Oc1ccc(C#N)cc1C. The van der Waals surface area contributed by atoms with Gasteiger partial charge < -0.3 is 4.52 Å². The molecule has 0 radical (unpaired) electrons. The molecule has 0 aliphatic rings. The molecule has 0 atom stereocenters. The van der Waals surface area contributed by atoms with Gasteiger partial charge in [0, 0.05) is 0 Å². The zero-order valence-electron chi connectivity index (χ0n) is 10.7. The Kier molecular flexibility index (Phi) is 5.36. The molecule has 0 saturated carbocycles. The van der Waals surface area contributed by atoms with Crippen LogP contribution in [0, 0.1) is 18.3 Å². The summed E-state index contributed by atoms with van der Waals surface area (Å²) in [6.45, 7) is 5.64. The van der Waals surface area contributed by atoms with Crippen molar-refractivity contribution in [3.8, 4) is 11.8 Å². The first-order valence-corrected chi connectivity index (χ1v) is 7.10. The Morgan fingerprint density at radius 2 is 1.89 bits per heavy atom. The fourth-order valence-corrected chi connectivity index (χ4v) is 2.61. The van der Waals surface area contributed by atoms with Gasteiger partial charge in [-0.2, -0.15) is 5.26 Å². The lowest BCUT2D eigenvalue weighted by Crippen LogP contribution is -2.03. The van der Waals surface area contributed by atoms with Gasteiger partial charge in [0.1, 0.15) is 5.75 Å². The molecule has 1 rings (SSSR count). The fourth-order valence-electron chi connectivity index (χ4n) is 1.35. The molecule has 0 spiro atoms. The topological polar surface area (TPSA) is 68.6 Å². The van der Waals surface area contributed by atoms with Crippen molar-refractivity contribution in [2.45, 2.75) is 20.8 Å². The molecule has 0 fully saturated rings. The predicted octanol–water partition coefficient (Wildman–Crippen LogP) is 3.43. The van der Waals surface area contributed by atoms with E-state index in [1.807, 2.05) is 6.07 Å². The number of phosphoric acid groups is 1. The van der Waals surface area contributed by atoms with Crippen LogP contribution in [-0.4, -0.2) is 13.2 Å². The van der Waals surface area contributed by atoms with Crippen molar-refractivity contribution in [3.05, 3.63) is 29.3 Å². The van der Waals surface area contributed by atoms with Crippen LogP contribution in [0.3, 0.4) is 0 Å². The Labute approximate surface area is 107 Å². The van der Waals surface area contributed by atoms with Crippen molar-refractivity contribution in [2.24, 2.45) is 0 Å². The summed E-state index contributed by atoms with van der Waals surface area (Å²) in [5, 5.41) is 8.76. The lowest BCUT2D eigenvalue weighted by atomic mass is 10.1. The zero-order valence-corrected chi connectivity index (χ0v) is 11.6. The van der Waals surface area contributed by atoms with Gasteiger partial charge in [-0.3, -0.25) is 9.05 Å². The van der Waals surface area contributed by atoms with E-state index >= 15 is 0 Å². The summed E-state index contributed by atoms with van der Waals surface area (Å²) in [4.78, 5) is 0. The number of phosphoric ester groups is 1. The molecule has 1 aromatic carbocycles. The first-order valence-electron chi connectivity index (χ1n) is 5.64. The maximum absolute atomic E-state index is 12.2. The molecule has 5 nitrogen and oxygen atoms in total. The normalized spacial score (nSPS) is 11.0. The third-order valence-corrected chi connectivity index (χ3v) is 3.66. The highest BCUT2D eigenvalue weighted by Gasteiger charge is 2.27. The molecule has 0 saturated heterocycles. The molecule has 0 aromatic heterocycles. The molecular formula is C12H16NO4P. The largest absolute Gasteiger partial charge is 0.530 e. The lowest BCUT2D eigenvalue weighted by Gasteiger charge is -2.18. The first kappa shape index (κ1) is 14.7. The van der Waals surface area contributed by atoms with E-state index in [0.29, 0.717) is 16.9 Å².